The van der Waals surface area contributed by atoms with Crippen molar-refractivity contribution in [2.45, 2.75) is 19.3 Å². The molecular weight excluding hydrogens is 140 g/mol. The van der Waals surface area contributed by atoms with Gasteiger partial charge >= 0.3 is 0 Å². The van der Waals surface area contributed by atoms with Crippen molar-refractivity contribution in [3.63, 3.8) is 0 Å². The molecule has 0 atom stereocenters. The third kappa shape index (κ3) is 1.47. The summed E-state index contributed by atoms with van der Waals surface area (Å²) >= 11 is 0. The van der Waals surface area contributed by atoms with Crippen molar-refractivity contribution >= 4 is 0 Å². The lowest BCUT2D eigenvalue weighted by atomic mass is 9.78. The molecule has 0 unspecified atom stereocenters. The molecular formula is C9H13O2. The van der Waals surface area contributed by atoms with Gasteiger partial charge in [0.1, 0.15) is 0 Å². The summed E-state index contributed by atoms with van der Waals surface area (Å²) in [6.07, 6.45) is 7.97. The smallest absolute Gasteiger partial charge is 0.209 e. The fourth-order valence-corrected chi connectivity index (χ4v) is 1.72. The predicted octanol–water partition coefficient (Wildman–Crippen LogP) is 1.88. The molecule has 1 saturated heterocycles. The lowest BCUT2D eigenvalue weighted by Crippen LogP contribution is -2.36. The van der Waals surface area contributed by atoms with E-state index in [0.29, 0.717) is 5.41 Å². The van der Waals surface area contributed by atoms with E-state index in [4.69, 9.17) is 9.47 Å². The molecule has 0 aromatic rings. The molecule has 2 rings (SSSR count). The van der Waals surface area contributed by atoms with E-state index < -0.39 is 0 Å². The van der Waals surface area contributed by atoms with E-state index in [9.17, 15) is 0 Å². The average molecular weight is 153 g/mol. The summed E-state index contributed by atoms with van der Waals surface area (Å²) in [7, 11) is 0. The summed E-state index contributed by atoms with van der Waals surface area (Å²) in [6, 6.07) is 0. The normalized spacial score (nSPS) is 29.1. The largest absolute Gasteiger partial charge is 0.347 e. The van der Waals surface area contributed by atoms with Gasteiger partial charge in [0.05, 0.1) is 13.2 Å². The summed E-state index contributed by atoms with van der Waals surface area (Å²) in [4.78, 5) is 0. The van der Waals surface area contributed by atoms with E-state index >= 15 is 0 Å². The minimum atomic E-state index is 0.295. The molecule has 1 spiro atoms. The van der Waals surface area contributed by atoms with Gasteiger partial charge in [0.2, 0.25) is 6.79 Å². The Balaban J connectivity index is 2.01. The van der Waals surface area contributed by atoms with Crippen LogP contribution in [0.4, 0.5) is 0 Å². The Bertz CT molecular complexity index is 157. The summed E-state index contributed by atoms with van der Waals surface area (Å²) in [5, 5.41) is 0. The first kappa shape index (κ1) is 7.32. The van der Waals surface area contributed by atoms with E-state index in [-0.39, 0.29) is 0 Å². The van der Waals surface area contributed by atoms with Gasteiger partial charge in [-0.2, -0.15) is 0 Å². The maximum atomic E-state index is 5.18. The lowest BCUT2D eigenvalue weighted by Gasteiger charge is -2.37. The van der Waals surface area contributed by atoms with Crippen LogP contribution in [0, 0.1) is 12.2 Å². The Hall–Kier alpha value is -0.340. The third-order valence-electron chi connectivity index (χ3n) is 2.47. The molecule has 11 heavy (non-hydrogen) atoms. The highest BCUT2D eigenvalue weighted by Crippen LogP contribution is 2.35. The van der Waals surface area contributed by atoms with Crippen LogP contribution >= 0.6 is 0 Å². The molecule has 0 saturated carbocycles. The van der Waals surface area contributed by atoms with E-state index in [1.54, 1.807) is 0 Å². The first-order valence-electron chi connectivity index (χ1n) is 4.11. The summed E-state index contributed by atoms with van der Waals surface area (Å²) < 4.78 is 10.4. The average Bonchev–Trinajstić information content (AvgIpc) is 2.07. The number of ether oxygens (including phenoxy) is 2. The fraction of sp³-hybridized carbons (Fsp3) is 0.667. The monoisotopic (exact) mass is 153 g/mol. The first-order valence-corrected chi connectivity index (χ1v) is 4.11. The molecule has 2 heteroatoms. The number of rotatable bonds is 0. The van der Waals surface area contributed by atoms with Crippen molar-refractivity contribution in [2.75, 3.05) is 13.2 Å². The quantitative estimate of drug-likeness (QED) is 0.495. The van der Waals surface area contributed by atoms with Crippen LogP contribution < -0.4 is 0 Å². The van der Waals surface area contributed by atoms with Crippen LogP contribution in [0.25, 0.3) is 0 Å². The molecule has 0 bridgehead atoms. The van der Waals surface area contributed by atoms with E-state index in [2.05, 4.69) is 12.2 Å². The molecule has 0 amide bonds. The Morgan fingerprint density at radius 2 is 1.91 bits per heavy atom. The topological polar surface area (TPSA) is 18.5 Å². The van der Waals surface area contributed by atoms with Gasteiger partial charge in [-0.05, 0) is 19.3 Å². The Kier molecular flexibility index (Phi) is 1.96. The lowest BCUT2D eigenvalue weighted by molar-refractivity contribution is -0.113. The zero-order valence-electron chi connectivity index (χ0n) is 6.58. The zero-order chi connectivity index (χ0) is 7.57. The van der Waals surface area contributed by atoms with Crippen molar-refractivity contribution in [1.82, 2.24) is 0 Å². The molecule has 2 nitrogen and oxygen atoms in total. The maximum Gasteiger partial charge on any atom is 0.209 e. The molecule has 1 radical (unpaired) electrons. The van der Waals surface area contributed by atoms with Crippen molar-refractivity contribution in [2.24, 2.45) is 5.41 Å². The molecule has 61 valence electrons. The van der Waals surface area contributed by atoms with Gasteiger partial charge in [-0.3, -0.25) is 0 Å². The molecule has 0 N–H and O–H groups in total. The van der Waals surface area contributed by atoms with Gasteiger partial charge in [-0.15, -0.1) is 0 Å². The highest BCUT2D eigenvalue weighted by Gasteiger charge is 2.33. The maximum absolute atomic E-state index is 5.18. The van der Waals surface area contributed by atoms with Gasteiger partial charge in [0, 0.05) is 5.41 Å². The first-order chi connectivity index (χ1) is 5.41. The Morgan fingerprint density at radius 1 is 1.09 bits per heavy atom. The Morgan fingerprint density at radius 3 is 2.55 bits per heavy atom. The van der Waals surface area contributed by atoms with Crippen molar-refractivity contribution in [1.29, 1.82) is 0 Å². The van der Waals surface area contributed by atoms with Crippen LogP contribution in [0.5, 0.6) is 0 Å². The van der Waals surface area contributed by atoms with Crippen LogP contribution in [0.15, 0.2) is 12.2 Å². The minimum absolute atomic E-state index is 0.295. The summed E-state index contributed by atoms with van der Waals surface area (Å²) in [5.41, 5.74) is 0.295. The van der Waals surface area contributed by atoms with Crippen LogP contribution in [0.2, 0.25) is 0 Å². The highest BCUT2D eigenvalue weighted by atomic mass is 16.7. The van der Waals surface area contributed by atoms with Gasteiger partial charge in [-0.1, -0.05) is 12.2 Å². The number of hydrogen-bond donors (Lipinski definition) is 0. The molecule has 1 heterocycles. The van der Waals surface area contributed by atoms with Crippen molar-refractivity contribution < 1.29 is 9.47 Å². The van der Waals surface area contributed by atoms with Crippen LogP contribution in [-0.2, 0) is 9.47 Å². The van der Waals surface area contributed by atoms with Crippen molar-refractivity contribution in [3.8, 4) is 0 Å². The van der Waals surface area contributed by atoms with E-state index in [1.807, 2.05) is 0 Å². The molecule has 0 aromatic heterocycles. The van der Waals surface area contributed by atoms with Crippen LogP contribution in [-0.4, -0.2) is 13.2 Å². The second-order valence-electron chi connectivity index (χ2n) is 3.43. The molecule has 1 fully saturated rings. The van der Waals surface area contributed by atoms with Crippen LogP contribution in [0.3, 0.4) is 0 Å². The van der Waals surface area contributed by atoms with Gasteiger partial charge in [0.25, 0.3) is 0 Å². The van der Waals surface area contributed by atoms with Gasteiger partial charge in [0.15, 0.2) is 0 Å². The number of allylic oxidation sites excluding steroid dienone is 2. The fourth-order valence-electron chi connectivity index (χ4n) is 1.72. The van der Waals surface area contributed by atoms with E-state index in [0.717, 1.165) is 19.6 Å². The standard InChI is InChI=1S/C9H13O2/c1-2-4-9(5-3-1)6-10-8-11-7-9/h1-2,8H,3-7H2. The highest BCUT2D eigenvalue weighted by molar-refractivity contribution is 4.98. The van der Waals surface area contributed by atoms with Gasteiger partial charge in [-0.25, -0.2) is 0 Å². The summed E-state index contributed by atoms with van der Waals surface area (Å²) in [5.74, 6) is 0. The third-order valence-corrected chi connectivity index (χ3v) is 2.47. The SMILES string of the molecule is [CH]1OCC2(CC=CCC2)CO1. The van der Waals surface area contributed by atoms with Gasteiger partial charge < -0.3 is 9.47 Å². The second-order valence-corrected chi connectivity index (χ2v) is 3.43. The number of hydrogen-bond acceptors (Lipinski definition) is 2. The van der Waals surface area contributed by atoms with Crippen molar-refractivity contribution in [3.05, 3.63) is 18.9 Å². The van der Waals surface area contributed by atoms with E-state index in [1.165, 1.54) is 19.6 Å². The molecule has 2 aliphatic rings. The summed E-state index contributed by atoms with van der Waals surface area (Å²) in [6.45, 7) is 3.12. The predicted molar refractivity (Wildman–Crippen MR) is 41.6 cm³/mol. The minimum Gasteiger partial charge on any atom is -0.347 e. The molecule has 1 aliphatic heterocycles. The second kappa shape index (κ2) is 2.95. The molecule has 0 aromatic carbocycles. The zero-order valence-corrected chi connectivity index (χ0v) is 6.58. The van der Waals surface area contributed by atoms with Crippen LogP contribution in [0.1, 0.15) is 19.3 Å². The molecule has 1 aliphatic carbocycles. The Labute approximate surface area is 67.2 Å².